The Morgan fingerprint density at radius 2 is 1.60 bits per heavy atom. The third-order valence-corrected chi connectivity index (χ3v) is 7.59. The standard InChI is InChI=1S/C28H33N3O10S/c32-25(29-34)12-6-1-2-7-19-38-23-16-13-22(14-17-23)15-18-26(33)39-20-8-9-21-40-27-28(31(35)41-30-27)42(36,37)24-10-4-3-5-11-24/h3-5,10-11,13-18,34H,1-2,6-9,12,19-21H2,(H,29,32). The second-order valence-electron chi connectivity index (χ2n) is 9.03. The van der Waals surface area contributed by atoms with Crippen molar-refractivity contribution in [1.82, 2.24) is 10.6 Å². The van der Waals surface area contributed by atoms with Crippen LogP contribution in [0.25, 0.3) is 6.08 Å². The van der Waals surface area contributed by atoms with Crippen LogP contribution in [0.15, 0.2) is 75.2 Å². The van der Waals surface area contributed by atoms with Crippen molar-refractivity contribution >= 4 is 27.8 Å². The molecule has 0 aliphatic rings. The number of aromatic nitrogens is 2. The Kier molecular flexibility index (Phi) is 12.8. The zero-order chi connectivity index (χ0) is 30.2. The fourth-order valence-electron chi connectivity index (χ4n) is 3.66. The van der Waals surface area contributed by atoms with E-state index < -0.39 is 26.7 Å². The summed E-state index contributed by atoms with van der Waals surface area (Å²) in [4.78, 5) is 22.6. The number of carbonyl (C=O) groups excluding carboxylic acids is 2. The molecule has 0 saturated carbocycles. The van der Waals surface area contributed by atoms with E-state index in [-0.39, 0.29) is 28.9 Å². The number of benzene rings is 2. The van der Waals surface area contributed by atoms with Gasteiger partial charge in [-0.2, -0.15) is 0 Å². The predicted molar refractivity (Wildman–Crippen MR) is 147 cm³/mol. The fraction of sp³-hybridized carbons (Fsp3) is 0.357. The van der Waals surface area contributed by atoms with Gasteiger partial charge in [0.25, 0.3) is 9.84 Å². The van der Waals surface area contributed by atoms with Crippen LogP contribution in [-0.4, -0.2) is 50.5 Å². The molecule has 0 atom stereocenters. The normalized spacial score (nSPS) is 11.4. The second kappa shape index (κ2) is 16.7. The largest absolute Gasteiger partial charge is 0.494 e. The summed E-state index contributed by atoms with van der Waals surface area (Å²) in [5.74, 6) is -0.631. The van der Waals surface area contributed by atoms with Crippen LogP contribution in [0.2, 0.25) is 0 Å². The molecule has 2 aromatic carbocycles. The van der Waals surface area contributed by atoms with E-state index in [0.717, 1.165) is 24.8 Å². The lowest BCUT2D eigenvalue weighted by molar-refractivity contribution is -0.832. The molecule has 0 unspecified atom stereocenters. The average molecular weight is 604 g/mol. The minimum Gasteiger partial charge on any atom is -0.494 e. The molecule has 0 radical (unpaired) electrons. The highest BCUT2D eigenvalue weighted by Gasteiger charge is 2.35. The second-order valence-corrected chi connectivity index (χ2v) is 10.9. The van der Waals surface area contributed by atoms with E-state index >= 15 is 0 Å². The molecule has 14 heteroatoms. The molecular weight excluding hydrogens is 570 g/mol. The van der Waals surface area contributed by atoms with Gasteiger partial charge in [-0.3, -0.25) is 14.6 Å². The Morgan fingerprint density at radius 1 is 0.929 bits per heavy atom. The first kappa shape index (κ1) is 32.1. The molecule has 0 fully saturated rings. The summed E-state index contributed by atoms with van der Waals surface area (Å²) in [7, 11) is -4.19. The number of nitrogens with one attached hydrogen (secondary N) is 1. The quantitative estimate of drug-likeness (QED) is 0.0543. The van der Waals surface area contributed by atoms with Crippen LogP contribution in [0.1, 0.15) is 50.5 Å². The SMILES string of the molecule is O=C(CCCCCCOc1ccc(C=CC(=O)OCCCCOc2no[n+]([O-])c2S(=O)(=O)c2ccccc2)cc1)NO. The van der Waals surface area contributed by atoms with Crippen LogP contribution >= 0.6 is 0 Å². The van der Waals surface area contributed by atoms with Gasteiger partial charge in [-0.1, -0.05) is 43.2 Å². The summed E-state index contributed by atoms with van der Waals surface area (Å²) in [5, 5.41) is 23.0. The minimum atomic E-state index is -4.19. The van der Waals surface area contributed by atoms with E-state index in [9.17, 15) is 23.2 Å². The molecule has 0 spiro atoms. The first-order valence-corrected chi connectivity index (χ1v) is 14.8. The molecule has 3 rings (SSSR count). The maximum absolute atomic E-state index is 12.7. The smallest absolute Gasteiger partial charge is 0.414 e. The summed E-state index contributed by atoms with van der Waals surface area (Å²) in [6.07, 6.45) is 7.41. The van der Waals surface area contributed by atoms with Crippen molar-refractivity contribution in [3.63, 3.8) is 0 Å². The van der Waals surface area contributed by atoms with Gasteiger partial charge in [0.05, 0.1) is 29.9 Å². The summed E-state index contributed by atoms with van der Waals surface area (Å²) >= 11 is 0. The molecule has 1 aromatic heterocycles. The van der Waals surface area contributed by atoms with Crippen molar-refractivity contribution in [2.24, 2.45) is 0 Å². The van der Waals surface area contributed by atoms with E-state index in [1.165, 1.54) is 30.3 Å². The molecule has 0 saturated heterocycles. The Bertz CT molecular complexity index is 1410. The zero-order valence-electron chi connectivity index (χ0n) is 22.8. The van der Waals surface area contributed by atoms with Gasteiger partial charge in [0.1, 0.15) is 5.75 Å². The van der Waals surface area contributed by atoms with E-state index in [2.05, 4.69) is 9.79 Å². The van der Waals surface area contributed by atoms with Crippen molar-refractivity contribution in [2.45, 2.75) is 54.9 Å². The van der Waals surface area contributed by atoms with Gasteiger partial charge in [-0.05, 0) is 66.5 Å². The maximum Gasteiger partial charge on any atom is 0.414 e. The van der Waals surface area contributed by atoms with E-state index in [4.69, 9.17) is 19.4 Å². The van der Waals surface area contributed by atoms with Crippen LogP contribution in [0.4, 0.5) is 0 Å². The molecule has 0 bridgehead atoms. The first-order chi connectivity index (χ1) is 20.3. The number of hydrogen-bond acceptors (Lipinski definition) is 11. The van der Waals surface area contributed by atoms with Gasteiger partial charge in [-0.25, -0.2) is 18.7 Å². The fourth-order valence-corrected chi connectivity index (χ4v) is 4.96. The highest BCUT2D eigenvalue weighted by Crippen LogP contribution is 2.25. The maximum atomic E-state index is 12.7. The summed E-state index contributed by atoms with van der Waals surface area (Å²) in [6, 6.07) is 14.6. The lowest BCUT2D eigenvalue weighted by atomic mass is 10.1. The van der Waals surface area contributed by atoms with Gasteiger partial charge >= 0.3 is 16.9 Å². The van der Waals surface area contributed by atoms with Crippen LogP contribution in [0, 0.1) is 5.21 Å². The van der Waals surface area contributed by atoms with E-state index in [1.54, 1.807) is 29.8 Å². The number of esters is 1. The minimum absolute atomic E-state index is 0.0228. The van der Waals surface area contributed by atoms with Crippen molar-refractivity contribution in [3.8, 4) is 11.6 Å². The number of carbonyl (C=O) groups is 2. The van der Waals surface area contributed by atoms with Gasteiger partial charge in [-0.15, -0.1) is 0 Å². The molecule has 2 N–H and O–H groups in total. The number of hydrogen-bond donors (Lipinski definition) is 2. The molecule has 13 nitrogen and oxygen atoms in total. The van der Waals surface area contributed by atoms with E-state index in [0.29, 0.717) is 38.0 Å². The van der Waals surface area contributed by atoms with Crippen molar-refractivity contribution in [1.29, 1.82) is 0 Å². The van der Waals surface area contributed by atoms with Gasteiger partial charge < -0.3 is 19.4 Å². The Morgan fingerprint density at radius 3 is 2.33 bits per heavy atom. The molecule has 0 aliphatic heterocycles. The van der Waals surface area contributed by atoms with Crippen molar-refractivity contribution < 1.29 is 47.0 Å². The number of sulfone groups is 1. The average Bonchev–Trinajstić information content (AvgIpc) is 3.38. The zero-order valence-corrected chi connectivity index (χ0v) is 23.7. The number of rotatable bonds is 18. The number of ether oxygens (including phenoxy) is 3. The predicted octanol–water partition coefficient (Wildman–Crippen LogP) is 3.39. The molecule has 0 aliphatic carbocycles. The highest BCUT2D eigenvalue weighted by molar-refractivity contribution is 7.91. The summed E-state index contributed by atoms with van der Waals surface area (Å²) in [6.45, 7) is 0.683. The molecule has 3 aromatic rings. The number of hydroxylamine groups is 1. The Balaban J connectivity index is 1.30. The lowest BCUT2D eigenvalue weighted by Gasteiger charge is -2.06. The van der Waals surface area contributed by atoms with Crippen LogP contribution in [-0.2, 0) is 24.2 Å². The number of nitrogens with zero attached hydrogens (tertiary/aromatic N) is 2. The van der Waals surface area contributed by atoms with Crippen LogP contribution in [0.5, 0.6) is 11.6 Å². The monoisotopic (exact) mass is 603 g/mol. The highest BCUT2D eigenvalue weighted by atomic mass is 32.2. The molecule has 1 amide bonds. The lowest BCUT2D eigenvalue weighted by Crippen LogP contribution is -2.31. The van der Waals surface area contributed by atoms with Gasteiger partial charge in [0, 0.05) is 12.5 Å². The summed E-state index contributed by atoms with van der Waals surface area (Å²) < 4.78 is 46.1. The van der Waals surface area contributed by atoms with Crippen LogP contribution < -0.4 is 19.9 Å². The van der Waals surface area contributed by atoms with Gasteiger partial charge in [0.15, 0.2) is 0 Å². The number of amides is 1. The van der Waals surface area contributed by atoms with E-state index in [1.807, 2.05) is 12.1 Å². The van der Waals surface area contributed by atoms with Crippen molar-refractivity contribution in [2.75, 3.05) is 19.8 Å². The molecule has 1 heterocycles. The van der Waals surface area contributed by atoms with Gasteiger partial charge in [0.2, 0.25) is 5.91 Å². The molecular formula is C28H33N3O10S. The topological polar surface area (TPSA) is 181 Å². The Hall–Kier alpha value is -4.43. The first-order valence-electron chi connectivity index (χ1n) is 13.3. The summed E-state index contributed by atoms with van der Waals surface area (Å²) in [5.41, 5.74) is 2.40. The third-order valence-electron chi connectivity index (χ3n) is 5.86. The van der Waals surface area contributed by atoms with Crippen molar-refractivity contribution in [3.05, 3.63) is 71.4 Å². The molecule has 226 valence electrons. The number of unbranched alkanes of at least 4 members (excludes halogenated alkanes) is 4. The third kappa shape index (κ3) is 10.2. The Labute approximate surface area is 243 Å². The van der Waals surface area contributed by atoms with Crippen LogP contribution in [0.3, 0.4) is 0 Å². The molecule has 42 heavy (non-hydrogen) atoms.